The van der Waals surface area contributed by atoms with Gasteiger partial charge in [-0.1, -0.05) is 37.0 Å². The number of hydrogen-bond donors (Lipinski definition) is 2. The van der Waals surface area contributed by atoms with Crippen LogP contribution in [0.5, 0.6) is 0 Å². The summed E-state index contributed by atoms with van der Waals surface area (Å²) in [5.74, 6) is 0.444. The average Bonchev–Trinajstić information content (AvgIpc) is 2.31. The van der Waals surface area contributed by atoms with Crippen molar-refractivity contribution in [3.8, 4) is 0 Å². The van der Waals surface area contributed by atoms with E-state index in [1.54, 1.807) is 13.1 Å². The summed E-state index contributed by atoms with van der Waals surface area (Å²) < 4.78 is 0. The first-order valence-electron chi connectivity index (χ1n) is 6.32. The third-order valence-corrected chi connectivity index (χ3v) is 3.18. The van der Waals surface area contributed by atoms with Gasteiger partial charge in [-0.15, -0.1) is 0 Å². The number of carbonyl (C=O) groups excluding carboxylic acids is 1. The molecule has 0 aromatic heterocycles. The Morgan fingerprint density at radius 2 is 1.79 bits per heavy atom. The van der Waals surface area contributed by atoms with Crippen LogP contribution in [0.3, 0.4) is 0 Å². The zero-order valence-electron chi connectivity index (χ0n) is 11.5. The first-order valence-corrected chi connectivity index (χ1v) is 7.08. The molecular formula is C14H20Cl2N2O. The van der Waals surface area contributed by atoms with E-state index in [2.05, 4.69) is 24.5 Å². The maximum absolute atomic E-state index is 11.8. The largest absolute Gasteiger partial charge is 0.358 e. The van der Waals surface area contributed by atoms with E-state index >= 15 is 0 Å². The normalized spacial score (nSPS) is 12.5. The molecule has 0 aliphatic rings. The molecule has 3 nitrogen and oxygen atoms in total. The standard InChI is InChI=1S/C14H20Cl2N2O/c1-9(2)4-13(14(19)17-3)18-8-10-5-11(15)7-12(16)6-10/h5-7,9,13,18H,4,8H2,1-3H3,(H,17,19). The van der Waals surface area contributed by atoms with Gasteiger partial charge in [-0.05, 0) is 36.1 Å². The Morgan fingerprint density at radius 3 is 2.26 bits per heavy atom. The molecule has 0 aliphatic carbocycles. The zero-order chi connectivity index (χ0) is 14.4. The Morgan fingerprint density at radius 1 is 1.21 bits per heavy atom. The van der Waals surface area contributed by atoms with Crippen LogP contribution in [-0.2, 0) is 11.3 Å². The van der Waals surface area contributed by atoms with Crippen molar-refractivity contribution in [2.75, 3.05) is 7.05 Å². The van der Waals surface area contributed by atoms with Gasteiger partial charge in [0.15, 0.2) is 0 Å². The fraction of sp³-hybridized carbons (Fsp3) is 0.500. The first-order chi connectivity index (χ1) is 8.92. The molecule has 0 spiro atoms. The van der Waals surface area contributed by atoms with Crippen molar-refractivity contribution < 1.29 is 4.79 Å². The lowest BCUT2D eigenvalue weighted by molar-refractivity contribution is -0.123. The molecule has 19 heavy (non-hydrogen) atoms. The molecule has 0 saturated carbocycles. The maximum atomic E-state index is 11.8. The minimum absolute atomic E-state index is 0.00169. The SMILES string of the molecule is CNC(=O)C(CC(C)C)NCc1cc(Cl)cc(Cl)c1. The van der Waals surface area contributed by atoms with E-state index in [1.165, 1.54) is 0 Å². The highest BCUT2D eigenvalue weighted by molar-refractivity contribution is 6.34. The highest BCUT2D eigenvalue weighted by atomic mass is 35.5. The van der Waals surface area contributed by atoms with E-state index in [9.17, 15) is 4.79 Å². The van der Waals surface area contributed by atoms with E-state index < -0.39 is 0 Å². The van der Waals surface area contributed by atoms with Gasteiger partial charge >= 0.3 is 0 Å². The lowest BCUT2D eigenvalue weighted by Gasteiger charge is -2.19. The minimum atomic E-state index is -0.206. The second-order valence-corrected chi connectivity index (χ2v) is 5.83. The number of hydrogen-bond acceptors (Lipinski definition) is 2. The summed E-state index contributed by atoms with van der Waals surface area (Å²) >= 11 is 11.9. The number of likely N-dealkylation sites (N-methyl/N-ethyl adjacent to an activating group) is 1. The second-order valence-electron chi connectivity index (χ2n) is 4.95. The molecule has 0 aliphatic heterocycles. The molecule has 0 fully saturated rings. The van der Waals surface area contributed by atoms with Crippen molar-refractivity contribution in [1.29, 1.82) is 0 Å². The first kappa shape index (κ1) is 16.3. The van der Waals surface area contributed by atoms with Gasteiger partial charge in [0.1, 0.15) is 0 Å². The molecule has 1 aromatic carbocycles. The molecule has 0 bridgehead atoms. The Balaban J connectivity index is 2.67. The number of benzene rings is 1. The summed E-state index contributed by atoms with van der Waals surface area (Å²) in [5, 5.41) is 7.12. The lowest BCUT2D eigenvalue weighted by atomic mass is 10.0. The summed E-state index contributed by atoms with van der Waals surface area (Å²) in [6.45, 7) is 4.74. The van der Waals surface area contributed by atoms with Crippen molar-refractivity contribution in [3.63, 3.8) is 0 Å². The van der Waals surface area contributed by atoms with Gasteiger partial charge in [0.2, 0.25) is 5.91 Å². The molecular weight excluding hydrogens is 283 g/mol. The number of amides is 1. The molecule has 5 heteroatoms. The molecule has 0 saturated heterocycles. The van der Waals surface area contributed by atoms with Gasteiger partial charge in [0, 0.05) is 23.6 Å². The van der Waals surface area contributed by atoms with Gasteiger partial charge in [0.05, 0.1) is 6.04 Å². The number of carbonyl (C=O) groups is 1. The molecule has 1 aromatic rings. The van der Waals surface area contributed by atoms with Gasteiger partial charge in [0.25, 0.3) is 0 Å². The molecule has 2 N–H and O–H groups in total. The molecule has 1 amide bonds. The summed E-state index contributed by atoms with van der Waals surface area (Å²) in [6.07, 6.45) is 0.786. The maximum Gasteiger partial charge on any atom is 0.236 e. The number of halogens is 2. The Bertz CT molecular complexity index is 415. The van der Waals surface area contributed by atoms with Crippen LogP contribution in [0.1, 0.15) is 25.8 Å². The van der Waals surface area contributed by atoms with E-state index in [0.29, 0.717) is 22.5 Å². The second kappa shape index (κ2) is 7.73. The number of rotatable bonds is 6. The molecule has 1 unspecified atom stereocenters. The third kappa shape index (κ3) is 5.81. The Hall–Kier alpha value is -0.770. The smallest absolute Gasteiger partial charge is 0.236 e. The Kier molecular flexibility index (Phi) is 6.63. The van der Waals surface area contributed by atoms with Crippen LogP contribution in [-0.4, -0.2) is 19.0 Å². The molecule has 1 rings (SSSR count). The quantitative estimate of drug-likeness (QED) is 0.847. The summed E-state index contributed by atoms with van der Waals surface area (Å²) in [5.41, 5.74) is 0.968. The van der Waals surface area contributed by atoms with E-state index in [0.717, 1.165) is 12.0 Å². The van der Waals surface area contributed by atoms with Gasteiger partial charge in [-0.2, -0.15) is 0 Å². The third-order valence-electron chi connectivity index (χ3n) is 2.74. The van der Waals surface area contributed by atoms with Crippen LogP contribution < -0.4 is 10.6 Å². The van der Waals surface area contributed by atoms with Crippen molar-refractivity contribution >= 4 is 29.1 Å². The summed E-state index contributed by atoms with van der Waals surface area (Å²) in [6, 6.07) is 5.17. The van der Waals surface area contributed by atoms with Crippen molar-refractivity contribution in [2.24, 2.45) is 5.92 Å². The molecule has 1 atom stereocenters. The molecule has 0 radical (unpaired) electrons. The highest BCUT2D eigenvalue weighted by Gasteiger charge is 2.17. The highest BCUT2D eigenvalue weighted by Crippen LogP contribution is 2.19. The number of nitrogens with one attached hydrogen (secondary N) is 2. The van der Waals surface area contributed by atoms with Crippen LogP contribution in [0.25, 0.3) is 0 Å². The van der Waals surface area contributed by atoms with E-state index in [4.69, 9.17) is 23.2 Å². The van der Waals surface area contributed by atoms with Crippen molar-refractivity contribution in [2.45, 2.75) is 32.9 Å². The molecule has 0 heterocycles. The van der Waals surface area contributed by atoms with E-state index in [1.807, 2.05) is 12.1 Å². The van der Waals surface area contributed by atoms with E-state index in [-0.39, 0.29) is 11.9 Å². The topological polar surface area (TPSA) is 41.1 Å². The van der Waals surface area contributed by atoms with Crippen LogP contribution in [0, 0.1) is 5.92 Å². The van der Waals surface area contributed by atoms with Gasteiger partial charge in [-0.3, -0.25) is 4.79 Å². The van der Waals surface area contributed by atoms with Crippen molar-refractivity contribution in [1.82, 2.24) is 10.6 Å². The summed E-state index contributed by atoms with van der Waals surface area (Å²) in [4.78, 5) is 11.8. The van der Waals surface area contributed by atoms with Gasteiger partial charge < -0.3 is 10.6 Å². The lowest BCUT2D eigenvalue weighted by Crippen LogP contribution is -2.43. The summed E-state index contributed by atoms with van der Waals surface area (Å²) in [7, 11) is 1.65. The predicted octanol–water partition coefficient (Wildman–Crippen LogP) is 3.24. The van der Waals surface area contributed by atoms with Crippen LogP contribution in [0.4, 0.5) is 0 Å². The average molecular weight is 303 g/mol. The van der Waals surface area contributed by atoms with Gasteiger partial charge in [-0.25, -0.2) is 0 Å². The fourth-order valence-electron chi connectivity index (χ4n) is 1.88. The Labute approximate surface area is 124 Å². The monoisotopic (exact) mass is 302 g/mol. The van der Waals surface area contributed by atoms with Crippen LogP contribution >= 0.6 is 23.2 Å². The zero-order valence-corrected chi connectivity index (χ0v) is 13.0. The minimum Gasteiger partial charge on any atom is -0.358 e. The van der Waals surface area contributed by atoms with Crippen LogP contribution in [0.2, 0.25) is 10.0 Å². The molecule has 106 valence electrons. The fourth-order valence-corrected chi connectivity index (χ4v) is 2.45. The van der Waals surface area contributed by atoms with Crippen LogP contribution in [0.15, 0.2) is 18.2 Å². The van der Waals surface area contributed by atoms with Crippen molar-refractivity contribution in [3.05, 3.63) is 33.8 Å². The predicted molar refractivity (Wildman–Crippen MR) is 80.6 cm³/mol.